The molecule has 3 N–H and O–H groups in total. The van der Waals surface area contributed by atoms with E-state index >= 15 is 0 Å². The van der Waals surface area contributed by atoms with Gasteiger partial charge in [0.1, 0.15) is 11.5 Å². The molecular formula is C11H17N5S. The molecule has 92 valence electrons. The van der Waals surface area contributed by atoms with Crippen molar-refractivity contribution in [1.29, 1.82) is 5.41 Å². The quantitative estimate of drug-likeness (QED) is 0.606. The number of hydrogen-bond acceptors (Lipinski definition) is 5. The van der Waals surface area contributed by atoms with E-state index in [0.717, 1.165) is 23.7 Å². The third-order valence-corrected chi connectivity index (χ3v) is 3.93. The van der Waals surface area contributed by atoms with E-state index in [4.69, 9.17) is 11.1 Å². The molecule has 0 aliphatic carbocycles. The standard InChI is InChI=1S/C11H17N5S/c1-7-5-9(10(12)13)15-11(14-7)16-3-4-17-6-8(16)2/h5,8H,3-4,6H2,1-2H3,(H3,12,13). The number of nitrogens with zero attached hydrogens (tertiary/aromatic N) is 3. The zero-order valence-electron chi connectivity index (χ0n) is 10.1. The van der Waals surface area contributed by atoms with Gasteiger partial charge in [0, 0.05) is 29.8 Å². The molecule has 1 unspecified atom stereocenters. The Morgan fingerprint density at radius 1 is 1.59 bits per heavy atom. The number of anilines is 1. The van der Waals surface area contributed by atoms with Crippen LogP contribution in [0.4, 0.5) is 5.95 Å². The second-order valence-electron chi connectivity index (χ2n) is 4.23. The second kappa shape index (κ2) is 4.91. The lowest BCUT2D eigenvalue weighted by atomic mass is 10.3. The predicted octanol–water partition coefficient (Wildman–Crippen LogP) is 1.01. The fourth-order valence-corrected chi connectivity index (χ4v) is 2.86. The molecule has 0 aromatic carbocycles. The van der Waals surface area contributed by atoms with Gasteiger partial charge in [0.05, 0.1) is 0 Å². The van der Waals surface area contributed by atoms with Crippen molar-refractivity contribution in [3.05, 3.63) is 17.5 Å². The van der Waals surface area contributed by atoms with Gasteiger partial charge < -0.3 is 10.6 Å². The zero-order valence-corrected chi connectivity index (χ0v) is 10.9. The van der Waals surface area contributed by atoms with Crippen LogP contribution in [0.5, 0.6) is 0 Å². The number of aromatic nitrogens is 2. The summed E-state index contributed by atoms with van der Waals surface area (Å²) in [6.07, 6.45) is 0. The summed E-state index contributed by atoms with van der Waals surface area (Å²) in [6, 6.07) is 2.17. The van der Waals surface area contributed by atoms with E-state index in [9.17, 15) is 0 Å². The molecule has 1 aliphatic rings. The average molecular weight is 251 g/mol. The minimum absolute atomic E-state index is 0.00390. The van der Waals surface area contributed by atoms with E-state index < -0.39 is 0 Å². The Bertz CT molecular complexity index is 434. The molecular weight excluding hydrogens is 234 g/mol. The van der Waals surface area contributed by atoms with Gasteiger partial charge in [0.15, 0.2) is 0 Å². The van der Waals surface area contributed by atoms with E-state index in [1.807, 2.05) is 18.7 Å². The molecule has 2 rings (SSSR count). The van der Waals surface area contributed by atoms with Crippen molar-refractivity contribution in [2.24, 2.45) is 5.73 Å². The van der Waals surface area contributed by atoms with Crippen LogP contribution in [-0.2, 0) is 0 Å². The summed E-state index contributed by atoms with van der Waals surface area (Å²) in [5.74, 6) is 2.88. The molecule has 0 radical (unpaired) electrons. The SMILES string of the molecule is Cc1cc(C(=N)N)nc(N2CCSCC2C)n1. The largest absolute Gasteiger partial charge is 0.382 e. The van der Waals surface area contributed by atoms with E-state index in [1.54, 1.807) is 6.07 Å². The van der Waals surface area contributed by atoms with Gasteiger partial charge >= 0.3 is 0 Å². The lowest BCUT2D eigenvalue weighted by Gasteiger charge is -2.33. The van der Waals surface area contributed by atoms with Crippen LogP contribution in [-0.4, -0.2) is 39.9 Å². The summed E-state index contributed by atoms with van der Waals surface area (Å²) < 4.78 is 0. The monoisotopic (exact) mass is 251 g/mol. The first-order valence-corrected chi connectivity index (χ1v) is 6.78. The van der Waals surface area contributed by atoms with Crippen molar-refractivity contribution < 1.29 is 0 Å². The zero-order chi connectivity index (χ0) is 12.4. The highest BCUT2D eigenvalue weighted by atomic mass is 32.2. The van der Waals surface area contributed by atoms with Gasteiger partial charge in [-0.1, -0.05) is 0 Å². The summed E-state index contributed by atoms with van der Waals surface area (Å²) in [4.78, 5) is 11.0. The maximum Gasteiger partial charge on any atom is 0.226 e. The third-order valence-electron chi connectivity index (χ3n) is 2.74. The topological polar surface area (TPSA) is 78.9 Å². The summed E-state index contributed by atoms with van der Waals surface area (Å²) >= 11 is 1.95. The summed E-state index contributed by atoms with van der Waals surface area (Å²) in [6.45, 7) is 5.03. The van der Waals surface area contributed by atoms with Crippen molar-refractivity contribution in [3.63, 3.8) is 0 Å². The Morgan fingerprint density at radius 3 is 3.00 bits per heavy atom. The molecule has 1 aromatic rings. The number of hydrogen-bond donors (Lipinski definition) is 2. The third kappa shape index (κ3) is 2.69. The minimum atomic E-state index is -0.00390. The number of amidine groups is 1. The number of nitrogen functional groups attached to an aromatic ring is 1. The summed E-state index contributed by atoms with van der Waals surface area (Å²) in [5, 5.41) is 7.46. The average Bonchev–Trinajstić information content (AvgIpc) is 2.28. The van der Waals surface area contributed by atoms with E-state index in [2.05, 4.69) is 21.8 Å². The smallest absolute Gasteiger partial charge is 0.226 e. The summed E-state index contributed by atoms with van der Waals surface area (Å²) in [7, 11) is 0. The van der Waals surface area contributed by atoms with Crippen LogP contribution in [0.3, 0.4) is 0 Å². The van der Waals surface area contributed by atoms with Gasteiger partial charge in [-0.05, 0) is 19.9 Å². The first-order valence-electron chi connectivity index (χ1n) is 5.62. The molecule has 17 heavy (non-hydrogen) atoms. The summed E-state index contributed by atoms with van der Waals surface area (Å²) in [5.41, 5.74) is 6.85. The fraction of sp³-hybridized carbons (Fsp3) is 0.545. The van der Waals surface area contributed by atoms with Crippen LogP contribution < -0.4 is 10.6 Å². The van der Waals surface area contributed by atoms with Gasteiger partial charge in [-0.2, -0.15) is 11.8 Å². The molecule has 1 aliphatic heterocycles. The molecule has 0 bridgehead atoms. The molecule has 0 amide bonds. The first kappa shape index (κ1) is 12.2. The van der Waals surface area contributed by atoms with Crippen molar-refractivity contribution >= 4 is 23.5 Å². The lowest BCUT2D eigenvalue weighted by Crippen LogP contribution is -2.41. The number of nitrogens with one attached hydrogen (secondary N) is 1. The molecule has 1 saturated heterocycles. The predicted molar refractivity (Wildman–Crippen MR) is 71.9 cm³/mol. The second-order valence-corrected chi connectivity index (χ2v) is 5.38. The Balaban J connectivity index is 2.33. The van der Waals surface area contributed by atoms with Gasteiger partial charge in [-0.3, -0.25) is 5.41 Å². The van der Waals surface area contributed by atoms with Crippen LogP contribution in [0.2, 0.25) is 0 Å². The first-order chi connectivity index (χ1) is 8.08. The normalized spacial score (nSPS) is 20.4. The number of aryl methyl sites for hydroxylation is 1. The molecule has 1 fully saturated rings. The highest BCUT2D eigenvalue weighted by molar-refractivity contribution is 7.99. The lowest BCUT2D eigenvalue weighted by molar-refractivity contribution is 0.675. The molecule has 0 saturated carbocycles. The highest BCUT2D eigenvalue weighted by Crippen LogP contribution is 2.21. The van der Waals surface area contributed by atoms with Gasteiger partial charge in [-0.15, -0.1) is 0 Å². The van der Waals surface area contributed by atoms with Crippen LogP contribution in [0, 0.1) is 12.3 Å². The van der Waals surface area contributed by atoms with E-state index in [0.29, 0.717) is 17.7 Å². The molecule has 6 heteroatoms. The van der Waals surface area contributed by atoms with Crippen LogP contribution in [0.25, 0.3) is 0 Å². The van der Waals surface area contributed by atoms with Gasteiger partial charge in [0.25, 0.3) is 0 Å². The molecule has 0 spiro atoms. The van der Waals surface area contributed by atoms with Gasteiger partial charge in [0.2, 0.25) is 5.95 Å². The van der Waals surface area contributed by atoms with Crippen molar-refractivity contribution in [1.82, 2.24) is 9.97 Å². The van der Waals surface area contributed by atoms with Crippen molar-refractivity contribution in [2.45, 2.75) is 19.9 Å². The van der Waals surface area contributed by atoms with E-state index in [-0.39, 0.29) is 5.84 Å². The highest BCUT2D eigenvalue weighted by Gasteiger charge is 2.21. The molecule has 1 atom stereocenters. The number of thioether (sulfide) groups is 1. The maximum absolute atomic E-state index is 7.46. The number of nitrogens with two attached hydrogens (primary N) is 1. The number of rotatable bonds is 2. The molecule has 1 aromatic heterocycles. The Labute approximate surface area is 105 Å². The molecule has 5 nitrogen and oxygen atoms in total. The fourth-order valence-electron chi connectivity index (χ4n) is 1.84. The Hall–Kier alpha value is -1.30. The van der Waals surface area contributed by atoms with Gasteiger partial charge in [-0.25, -0.2) is 9.97 Å². The minimum Gasteiger partial charge on any atom is -0.382 e. The maximum atomic E-state index is 7.46. The van der Waals surface area contributed by atoms with Crippen LogP contribution >= 0.6 is 11.8 Å². The Morgan fingerprint density at radius 2 is 2.35 bits per heavy atom. The van der Waals surface area contributed by atoms with E-state index in [1.165, 1.54) is 0 Å². The van der Waals surface area contributed by atoms with Crippen molar-refractivity contribution in [3.8, 4) is 0 Å². The van der Waals surface area contributed by atoms with Crippen LogP contribution in [0.1, 0.15) is 18.3 Å². The Kier molecular flexibility index (Phi) is 3.51. The molecule has 2 heterocycles. The van der Waals surface area contributed by atoms with Crippen molar-refractivity contribution in [2.75, 3.05) is 23.0 Å². The van der Waals surface area contributed by atoms with Crippen LogP contribution in [0.15, 0.2) is 6.07 Å².